The van der Waals surface area contributed by atoms with Crippen molar-refractivity contribution in [3.8, 4) is 0 Å². The molecule has 2 unspecified atom stereocenters. The number of rotatable bonds is 31. The molecule has 0 aliphatic rings. The Bertz CT molecular complexity index is 1030. The van der Waals surface area contributed by atoms with Crippen molar-refractivity contribution in [1.82, 2.24) is 0 Å². The zero-order valence-electron chi connectivity index (χ0n) is 31.3. The van der Waals surface area contributed by atoms with E-state index in [2.05, 4.69) is 26.0 Å². The summed E-state index contributed by atoms with van der Waals surface area (Å²) in [4.78, 5) is 36.5. The van der Waals surface area contributed by atoms with Gasteiger partial charge in [0.25, 0.3) is 0 Å². The van der Waals surface area contributed by atoms with Crippen LogP contribution in [-0.4, -0.2) is 75.5 Å². The minimum Gasteiger partial charge on any atom is -0.544 e. The molecule has 49 heavy (non-hydrogen) atoms. The van der Waals surface area contributed by atoms with Gasteiger partial charge in [0.1, 0.15) is 12.6 Å². The Morgan fingerprint density at radius 2 is 1.14 bits per heavy atom. The highest BCUT2D eigenvalue weighted by molar-refractivity contribution is 5.70. The Morgan fingerprint density at radius 3 is 1.69 bits per heavy atom. The Labute approximate surface area is 298 Å². The van der Waals surface area contributed by atoms with Crippen LogP contribution in [0.4, 0.5) is 0 Å². The first-order valence-corrected chi connectivity index (χ1v) is 18.5. The van der Waals surface area contributed by atoms with Crippen LogP contribution >= 0.6 is 0 Å². The number of carboxylic acids is 1. The molecule has 2 atom stereocenters. The summed E-state index contributed by atoms with van der Waals surface area (Å²) in [5.41, 5.74) is 0. The average Bonchev–Trinajstić information content (AvgIpc) is 3.05. The van der Waals surface area contributed by atoms with Crippen LogP contribution in [0.25, 0.3) is 0 Å². The minimum atomic E-state index is -1.14. The van der Waals surface area contributed by atoms with Crippen LogP contribution < -0.4 is 5.11 Å². The highest BCUT2D eigenvalue weighted by Crippen LogP contribution is 2.12. The van der Waals surface area contributed by atoms with E-state index >= 15 is 0 Å². The number of likely N-dealkylation sites (N-methyl/N-ethyl adjacent to an activating group) is 1. The quantitative estimate of drug-likeness (QED) is 0.0316. The van der Waals surface area contributed by atoms with Gasteiger partial charge in [-0.1, -0.05) is 138 Å². The predicted molar refractivity (Wildman–Crippen MR) is 199 cm³/mol. The molecule has 0 amide bonds. The number of quaternary nitrogens is 1. The zero-order chi connectivity index (χ0) is 36.4. The van der Waals surface area contributed by atoms with Gasteiger partial charge in [-0.25, -0.2) is 0 Å². The van der Waals surface area contributed by atoms with Gasteiger partial charge in [0.15, 0.2) is 6.10 Å². The molecule has 0 heterocycles. The lowest BCUT2D eigenvalue weighted by molar-refractivity contribution is -0.889. The fraction of sp³-hybridized carbons (Fsp3) is 0.634. The SMILES string of the molecule is CC/C=C/C=C/C=C/C=C/C=C/C=C/CCCCCC(=O)OC(COCCC(C(=O)[O-])[N+](C)(C)C)COC(=O)CCCCCCCCCC. The second kappa shape index (κ2) is 32.0. The molecule has 8 nitrogen and oxygen atoms in total. The normalized spacial score (nSPS) is 13.9. The number of ether oxygens (including phenoxy) is 3. The largest absolute Gasteiger partial charge is 0.544 e. The van der Waals surface area contributed by atoms with E-state index < -0.39 is 18.1 Å². The maximum Gasteiger partial charge on any atom is 0.306 e. The molecule has 0 aromatic carbocycles. The molecule has 0 aliphatic heterocycles. The van der Waals surface area contributed by atoms with Crippen molar-refractivity contribution in [2.75, 3.05) is 41.0 Å². The average molecular weight is 686 g/mol. The second-order valence-corrected chi connectivity index (χ2v) is 13.2. The van der Waals surface area contributed by atoms with Crippen molar-refractivity contribution < 1.29 is 38.2 Å². The van der Waals surface area contributed by atoms with Crippen molar-refractivity contribution in [1.29, 1.82) is 0 Å². The van der Waals surface area contributed by atoms with E-state index in [1.807, 2.05) is 60.8 Å². The number of hydrogen-bond donors (Lipinski definition) is 0. The molecular formula is C41H67NO7. The van der Waals surface area contributed by atoms with Gasteiger partial charge < -0.3 is 28.6 Å². The molecule has 0 aliphatic carbocycles. The van der Waals surface area contributed by atoms with Crippen molar-refractivity contribution in [2.24, 2.45) is 0 Å². The van der Waals surface area contributed by atoms with Crippen LogP contribution in [0.2, 0.25) is 0 Å². The molecule has 278 valence electrons. The third-order valence-electron chi connectivity index (χ3n) is 7.77. The number of hydrogen-bond acceptors (Lipinski definition) is 7. The predicted octanol–water partition coefficient (Wildman–Crippen LogP) is 7.90. The molecule has 0 aromatic heterocycles. The molecule has 0 radical (unpaired) electrons. The van der Waals surface area contributed by atoms with E-state index in [0.717, 1.165) is 44.9 Å². The Kier molecular flexibility index (Phi) is 29.9. The minimum absolute atomic E-state index is 0.0190. The number of carbonyl (C=O) groups is 3. The molecule has 0 fully saturated rings. The van der Waals surface area contributed by atoms with Gasteiger partial charge in [0, 0.05) is 19.3 Å². The van der Waals surface area contributed by atoms with Gasteiger partial charge >= 0.3 is 11.9 Å². The number of esters is 2. The van der Waals surface area contributed by atoms with Crippen LogP contribution in [-0.2, 0) is 28.6 Å². The van der Waals surface area contributed by atoms with Crippen LogP contribution in [0.1, 0.15) is 117 Å². The molecule has 0 bridgehead atoms. The Balaban J connectivity index is 4.55. The van der Waals surface area contributed by atoms with Crippen molar-refractivity contribution in [3.05, 3.63) is 72.9 Å². The number of unbranched alkanes of at least 4 members (excludes halogenated alkanes) is 10. The Morgan fingerprint density at radius 1 is 0.633 bits per heavy atom. The maximum atomic E-state index is 12.6. The lowest BCUT2D eigenvalue weighted by Crippen LogP contribution is -2.55. The van der Waals surface area contributed by atoms with Gasteiger partial charge in [-0.2, -0.15) is 0 Å². The highest BCUT2D eigenvalue weighted by atomic mass is 16.6. The van der Waals surface area contributed by atoms with Crippen LogP contribution in [0.3, 0.4) is 0 Å². The summed E-state index contributed by atoms with van der Waals surface area (Å²) in [7, 11) is 5.36. The van der Waals surface area contributed by atoms with E-state index in [0.29, 0.717) is 12.8 Å². The summed E-state index contributed by atoms with van der Waals surface area (Å²) in [6.45, 7) is 4.40. The molecule has 0 N–H and O–H groups in total. The van der Waals surface area contributed by atoms with Crippen molar-refractivity contribution >= 4 is 17.9 Å². The Hall–Kier alpha value is -3.23. The first-order valence-electron chi connectivity index (χ1n) is 18.5. The van der Waals surface area contributed by atoms with Crippen LogP contribution in [0.15, 0.2) is 72.9 Å². The summed E-state index contributed by atoms with van der Waals surface area (Å²) in [6, 6.07) is -0.735. The monoisotopic (exact) mass is 685 g/mol. The number of carboxylic acid groups (broad SMARTS) is 1. The van der Waals surface area contributed by atoms with Gasteiger partial charge in [0.05, 0.1) is 40.3 Å². The van der Waals surface area contributed by atoms with E-state index in [1.54, 1.807) is 21.1 Å². The number of allylic oxidation sites excluding steroid dienone is 12. The first kappa shape index (κ1) is 45.8. The van der Waals surface area contributed by atoms with E-state index in [-0.39, 0.29) is 49.1 Å². The van der Waals surface area contributed by atoms with E-state index in [1.165, 1.54) is 32.1 Å². The smallest absolute Gasteiger partial charge is 0.306 e. The topological polar surface area (TPSA) is 102 Å². The third-order valence-corrected chi connectivity index (χ3v) is 7.77. The fourth-order valence-corrected chi connectivity index (χ4v) is 4.86. The first-order chi connectivity index (χ1) is 23.6. The van der Waals surface area contributed by atoms with E-state index in [9.17, 15) is 19.5 Å². The molecule has 0 aromatic rings. The molecule has 8 heteroatoms. The maximum absolute atomic E-state index is 12.6. The number of carbonyl (C=O) groups excluding carboxylic acids is 3. The summed E-state index contributed by atoms with van der Waals surface area (Å²) < 4.78 is 17.0. The van der Waals surface area contributed by atoms with Crippen LogP contribution in [0.5, 0.6) is 0 Å². The van der Waals surface area contributed by atoms with Crippen LogP contribution in [0, 0.1) is 0 Å². The standard InChI is InChI=1S/C41H67NO7/c1-6-8-10-12-14-16-17-18-19-20-21-22-23-24-26-28-30-32-40(44)49-37(35-47-34-33-38(41(45)46)42(3,4)5)36-48-39(43)31-29-27-25-15-13-11-9-7-2/h8,10,12,14,16-23,37-38H,6-7,9,11,13,15,24-36H2,1-5H3/b10-8+,14-12+,17-16+,19-18+,21-20+,23-22+. The van der Waals surface area contributed by atoms with E-state index in [4.69, 9.17) is 14.2 Å². The second-order valence-electron chi connectivity index (χ2n) is 13.2. The molecule has 0 saturated heterocycles. The molecule has 0 rings (SSSR count). The van der Waals surface area contributed by atoms with Gasteiger partial charge in [-0.15, -0.1) is 0 Å². The van der Waals surface area contributed by atoms with Gasteiger partial charge in [-0.05, 0) is 32.1 Å². The summed E-state index contributed by atoms with van der Waals surface area (Å²) in [6.07, 6.45) is 37.9. The number of nitrogens with zero attached hydrogens (tertiary/aromatic N) is 1. The van der Waals surface area contributed by atoms with Gasteiger partial charge in [-0.3, -0.25) is 9.59 Å². The van der Waals surface area contributed by atoms with Gasteiger partial charge in [0.2, 0.25) is 0 Å². The summed E-state index contributed by atoms with van der Waals surface area (Å²) >= 11 is 0. The lowest BCUT2D eigenvalue weighted by Gasteiger charge is -2.34. The molecular weight excluding hydrogens is 618 g/mol. The fourth-order valence-electron chi connectivity index (χ4n) is 4.86. The van der Waals surface area contributed by atoms with Crippen molar-refractivity contribution in [2.45, 2.75) is 129 Å². The van der Waals surface area contributed by atoms with Crippen molar-refractivity contribution in [3.63, 3.8) is 0 Å². The highest BCUT2D eigenvalue weighted by Gasteiger charge is 2.25. The molecule has 0 saturated carbocycles. The lowest BCUT2D eigenvalue weighted by atomic mass is 10.1. The summed E-state index contributed by atoms with van der Waals surface area (Å²) in [5.74, 6) is -1.81. The molecule has 0 spiro atoms. The number of aliphatic carboxylic acids is 1. The third kappa shape index (κ3) is 30.6. The summed E-state index contributed by atoms with van der Waals surface area (Å²) in [5, 5.41) is 11.6. The zero-order valence-corrected chi connectivity index (χ0v) is 31.3.